The molecule has 0 aromatic carbocycles. The number of hydrogen-bond donors (Lipinski definition) is 1. The number of nitrogens with zero attached hydrogens (tertiary/aromatic N) is 2. The van der Waals surface area contributed by atoms with Crippen LogP contribution in [0.25, 0.3) is 0 Å². The van der Waals surface area contributed by atoms with Gasteiger partial charge >= 0.3 is 0 Å². The van der Waals surface area contributed by atoms with Crippen LogP contribution in [0.3, 0.4) is 0 Å². The lowest BCUT2D eigenvalue weighted by atomic mass is 10.2. The van der Waals surface area contributed by atoms with Crippen LogP contribution >= 0.6 is 0 Å². The second-order valence-electron chi connectivity index (χ2n) is 4.12. The van der Waals surface area contributed by atoms with Gasteiger partial charge in [-0.1, -0.05) is 13.8 Å². The summed E-state index contributed by atoms with van der Waals surface area (Å²) >= 11 is 0. The van der Waals surface area contributed by atoms with Crippen LogP contribution < -0.4 is 5.32 Å². The van der Waals surface area contributed by atoms with Gasteiger partial charge in [-0.25, -0.2) is 4.98 Å². The van der Waals surface area contributed by atoms with Gasteiger partial charge in [0.1, 0.15) is 5.82 Å². The van der Waals surface area contributed by atoms with E-state index in [-0.39, 0.29) is 0 Å². The molecular weight excluding hydrogens is 174 g/mol. The zero-order valence-corrected chi connectivity index (χ0v) is 9.45. The maximum atomic E-state index is 4.19. The van der Waals surface area contributed by atoms with E-state index in [4.69, 9.17) is 0 Å². The zero-order valence-electron chi connectivity index (χ0n) is 9.45. The lowest BCUT2D eigenvalue weighted by molar-refractivity contribution is 0.519. The Bertz CT molecular complexity index is 253. The van der Waals surface area contributed by atoms with E-state index in [1.54, 1.807) is 0 Å². The van der Waals surface area contributed by atoms with Crippen molar-refractivity contribution in [1.29, 1.82) is 0 Å². The number of aryl methyl sites for hydroxylation is 2. The Morgan fingerprint density at radius 2 is 2.29 bits per heavy atom. The van der Waals surface area contributed by atoms with Gasteiger partial charge < -0.3 is 9.88 Å². The molecule has 0 bridgehead atoms. The molecule has 0 aliphatic heterocycles. The van der Waals surface area contributed by atoms with Crippen molar-refractivity contribution in [2.24, 2.45) is 5.92 Å². The van der Waals surface area contributed by atoms with Crippen molar-refractivity contribution in [2.45, 2.75) is 33.7 Å². The largest absolute Gasteiger partial charge is 0.335 e. The summed E-state index contributed by atoms with van der Waals surface area (Å²) in [6.45, 7) is 9.78. The molecule has 3 nitrogen and oxygen atoms in total. The predicted octanol–water partition coefficient (Wildman–Crippen LogP) is 1.83. The first-order valence-corrected chi connectivity index (χ1v) is 5.38. The summed E-state index contributed by atoms with van der Waals surface area (Å²) in [5.41, 5.74) is 0. The summed E-state index contributed by atoms with van der Waals surface area (Å²) in [5, 5.41) is 3.43. The molecule has 0 radical (unpaired) electrons. The highest BCUT2D eigenvalue weighted by molar-refractivity contribution is 4.88. The van der Waals surface area contributed by atoms with E-state index in [1.807, 2.05) is 19.3 Å². The SMILES string of the molecule is Cc1nccn1CCCNCC(C)C. The molecule has 14 heavy (non-hydrogen) atoms. The van der Waals surface area contributed by atoms with Gasteiger partial charge in [-0.05, 0) is 32.4 Å². The van der Waals surface area contributed by atoms with Crippen molar-refractivity contribution in [3.05, 3.63) is 18.2 Å². The van der Waals surface area contributed by atoms with Crippen LogP contribution in [-0.4, -0.2) is 22.6 Å². The molecule has 0 fully saturated rings. The monoisotopic (exact) mass is 195 g/mol. The van der Waals surface area contributed by atoms with Gasteiger partial charge in [0.2, 0.25) is 0 Å². The Hall–Kier alpha value is -0.830. The molecular formula is C11H21N3. The summed E-state index contributed by atoms with van der Waals surface area (Å²) in [6.07, 6.45) is 5.07. The number of nitrogens with one attached hydrogen (secondary N) is 1. The number of hydrogen-bond acceptors (Lipinski definition) is 2. The van der Waals surface area contributed by atoms with Crippen LogP contribution in [0.2, 0.25) is 0 Å². The summed E-state index contributed by atoms with van der Waals surface area (Å²) in [5.74, 6) is 1.85. The molecule has 1 aromatic heterocycles. The van der Waals surface area contributed by atoms with Crippen molar-refractivity contribution < 1.29 is 0 Å². The van der Waals surface area contributed by atoms with Gasteiger partial charge in [0.05, 0.1) is 0 Å². The summed E-state index contributed by atoms with van der Waals surface area (Å²) in [4.78, 5) is 4.19. The van der Waals surface area contributed by atoms with E-state index in [9.17, 15) is 0 Å². The van der Waals surface area contributed by atoms with Gasteiger partial charge in [0.15, 0.2) is 0 Å². The maximum Gasteiger partial charge on any atom is 0.105 e. The minimum atomic E-state index is 0.741. The summed E-state index contributed by atoms with van der Waals surface area (Å²) in [7, 11) is 0. The first kappa shape index (κ1) is 11.2. The van der Waals surface area contributed by atoms with Gasteiger partial charge in [-0.3, -0.25) is 0 Å². The van der Waals surface area contributed by atoms with Crippen molar-refractivity contribution >= 4 is 0 Å². The molecule has 0 amide bonds. The average Bonchev–Trinajstić information content (AvgIpc) is 2.51. The van der Waals surface area contributed by atoms with Crippen molar-refractivity contribution in [3.63, 3.8) is 0 Å². The summed E-state index contributed by atoms with van der Waals surface area (Å²) < 4.78 is 2.19. The molecule has 1 heterocycles. The molecule has 1 rings (SSSR count). The van der Waals surface area contributed by atoms with E-state index < -0.39 is 0 Å². The molecule has 0 spiro atoms. The predicted molar refractivity (Wildman–Crippen MR) is 59.3 cm³/mol. The van der Waals surface area contributed by atoms with E-state index in [1.165, 1.54) is 6.42 Å². The maximum absolute atomic E-state index is 4.19. The van der Waals surface area contributed by atoms with Gasteiger partial charge in [0.25, 0.3) is 0 Å². The van der Waals surface area contributed by atoms with Crippen LogP contribution in [0.15, 0.2) is 12.4 Å². The lowest BCUT2D eigenvalue weighted by Gasteiger charge is -2.08. The Labute approximate surface area is 86.5 Å². The lowest BCUT2D eigenvalue weighted by Crippen LogP contribution is -2.21. The molecule has 0 saturated carbocycles. The smallest absolute Gasteiger partial charge is 0.105 e. The van der Waals surface area contributed by atoms with Crippen molar-refractivity contribution in [1.82, 2.24) is 14.9 Å². The molecule has 1 aromatic rings. The third kappa shape index (κ3) is 3.92. The minimum Gasteiger partial charge on any atom is -0.335 e. The average molecular weight is 195 g/mol. The minimum absolute atomic E-state index is 0.741. The molecule has 3 heteroatoms. The van der Waals surface area contributed by atoms with Gasteiger partial charge in [-0.2, -0.15) is 0 Å². The first-order chi connectivity index (χ1) is 6.70. The second kappa shape index (κ2) is 5.81. The van der Waals surface area contributed by atoms with Crippen LogP contribution in [-0.2, 0) is 6.54 Å². The van der Waals surface area contributed by atoms with Crippen molar-refractivity contribution in [2.75, 3.05) is 13.1 Å². The topological polar surface area (TPSA) is 29.9 Å². The van der Waals surface area contributed by atoms with Crippen LogP contribution in [0.4, 0.5) is 0 Å². The molecule has 0 aliphatic carbocycles. The molecule has 0 saturated heterocycles. The fourth-order valence-electron chi connectivity index (χ4n) is 1.41. The highest BCUT2D eigenvalue weighted by Gasteiger charge is 1.96. The molecule has 1 N–H and O–H groups in total. The highest BCUT2D eigenvalue weighted by atomic mass is 15.1. The molecule has 0 atom stereocenters. The molecule has 0 unspecified atom stereocenters. The second-order valence-corrected chi connectivity index (χ2v) is 4.12. The van der Waals surface area contributed by atoms with E-state index in [0.717, 1.165) is 31.4 Å². The quantitative estimate of drug-likeness (QED) is 0.702. The van der Waals surface area contributed by atoms with Gasteiger partial charge in [0, 0.05) is 18.9 Å². The van der Waals surface area contributed by atoms with Crippen LogP contribution in [0, 0.1) is 12.8 Å². The van der Waals surface area contributed by atoms with Crippen molar-refractivity contribution in [3.8, 4) is 0 Å². The highest BCUT2D eigenvalue weighted by Crippen LogP contribution is 1.96. The fraction of sp³-hybridized carbons (Fsp3) is 0.727. The Kier molecular flexibility index (Phi) is 4.66. The van der Waals surface area contributed by atoms with E-state index in [0.29, 0.717) is 0 Å². The standard InChI is InChI=1S/C11H21N3/c1-10(2)9-12-5-4-7-14-8-6-13-11(14)3/h6,8,10,12H,4-5,7,9H2,1-3H3. The van der Waals surface area contributed by atoms with Crippen LogP contribution in [0.1, 0.15) is 26.1 Å². The van der Waals surface area contributed by atoms with E-state index >= 15 is 0 Å². The van der Waals surface area contributed by atoms with Gasteiger partial charge in [-0.15, -0.1) is 0 Å². The molecule has 0 aliphatic rings. The Balaban J connectivity index is 2.08. The number of aromatic nitrogens is 2. The third-order valence-corrected chi connectivity index (χ3v) is 2.23. The number of imidazole rings is 1. The molecule has 80 valence electrons. The summed E-state index contributed by atoms with van der Waals surface area (Å²) in [6, 6.07) is 0. The number of rotatable bonds is 6. The Morgan fingerprint density at radius 3 is 2.86 bits per heavy atom. The normalized spacial score (nSPS) is 11.1. The third-order valence-electron chi connectivity index (χ3n) is 2.23. The van der Waals surface area contributed by atoms with Crippen LogP contribution in [0.5, 0.6) is 0 Å². The first-order valence-electron chi connectivity index (χ1n) is 5.38. The zero-order chi connectivity index (χ0) is 10.4. The van der Waals surface area contributed by atoms with E-state index in [2.05, 4.69) is 28.7 Å². The Morgan fingerprint density at radius 1 is 1.50 bits per heavy atom. The fourth-order valence-corrected chi connectivity index (χ4v) is 1.41.